The third-order valence-corrected chi connectivity index (χ3v) is 4.46. The van der Waals surface area contributed by atoms with Crippen molar-refractivity contribution in [2.24, 2.45) is 7.05 Å². The lowest BCUT2D eigenvalue weighted by Gasteiger charge is -2.22. The maximum Gasteiger partial charge on any atom is 0.321 e. The molecule has 1 fully saturated rings. The number of pyridine rings is 1. The first-order valence-electron chi connectivity index (χ1n) is 8.61. The van der Waals surface area contributed by atoms with Gasteiger partial charge in [0, 0.05) is 52.0 Å². The molecule has 0 aliphatic carbocycles. The average molecular weight is 340 g/mol. The van der Waals surface area contributed by atoms with Crippen LogP contribution in [0.15, 0.2) is 53.5 Å². The first-order valence-corrected chi connectivity index (χ1v) is 8.61. The third-order valence-electron chi connectivity index (χ3n) is 4.46. The van der Waals surface area contributed by atoms with Gasteiger partial charge >= 0.3 is 6.03 Å². The highest BCUT2D eigenvalue weighted by molar-refractivity contribution is 5.89. The Labute approximate surface area is 147 Å². The summed E-state index contributed by atoms with van der Waals surface area (Å²) in [4.78, 5) is 28.1. The highest BCUT2D eigenvalue weighted by atomic mass is 16.2. The van der Waals surface area contributed by atoms with Gasteiger partial charge in [-0.1, -0.05) is 30.3 Å². The molecule has 25 heavy (non-hydrogen) atoms. The maximum absolute atomic E-state index is 12.5. The molecule has 0 unspecified atom stereocenters. The van der Waals surface area contributed by atoms with E-state index in [4.69, 9.17) is 0 Å². The van der Waals surface area contributed by atoms with Crippen LogP contribution >= 0.6 is 0 Å². The van der Waals surface area contributed by atoms with Crippen LogP contribution in [0.4, 0.5) is 10.5 Å². The van der Waals surface area contributed by atoms with Gasteiger partial charge < -0.3 is 14.8 Å². The minimum atomic E-state index is -0.111. The molecule has 1 aromatic carbocycles. The van der Waals surface area contributed by atoms with E-state index in [1.165, 1.54) is 16.2 Å². The van der Waals surface area contributed by atoms with Gasteiger partial charge in [0.25, 0.3) is 0 Å². The molecular formula is C19H24N4O2. The third kappa shape index (κ3) is 4.70. The standard InChI is InChI=1S/C19H24N4O2/c1-21-15-17(8-9-18(21)24)20-19(25)23-11-5-10-22(12-13-23)14-16-6-3-2-4-7-16/h2-4,6-9,15H,5,10-14H2,1H3,(H,20,25). The van der Waals surface area contributed by atoms with E-state index >= 15 is 0 Å². The number of benzene rings is 1. The van der Waals surface area contributed by atoms with Gasteiger partial charge in [-0.25, -0.2) is 4.79 Å². The number of aromatic nitrogens is 1. The minimum absolute atomic E-state index is 0.0932. The normalized spacial score (nSPS) is 15.6. The summed E-state index contributed by atoms with van der Waals surface area (Å²) in [6.07, 6.45) is 2.59. The van der Waals surface area contributed by atoms with Crippen molar-refractivity contribution < 1.29 is 4.79 Å². The van der Waals surface area contributed by atoms with Crippen LogP contribution in [0.5, 0.6) is 0 Å². The summed E-state index contributed by atoms with van der Waals surface area (Å²) in [6.45, 7) is 4.19. The number of nitrogens with zero attached hydrogens (tertiary/aromatic N) is 3. The van der Waals surface area contributed by atoms with Crippen molar-refractivity contribution in [1.82, 2.24) is 14.4 Å². The smallest absolute Gasteiger partial charge is 0.321 e. The van der Waals surface area contributed by atoms with Gasteiger partial charge in [0.1, 0.15) is 0 Å². The van der Waals surface area contributed by atoms with E-state index in [2.05, 4.69) is 34.5 Å². The van der Waals surface area contributed by atoms with Crippen molar-refractivity contribution in [2.75, 3.05) is 31.5 Å². The number of urea groups is 1. The van der Waals surface area contributed by atoms with Crippen LogP contribution in [0.2, 0.25) is 0 Å². The molecule has 1 aromatic heterocycles. The highest BCUT2D eigenvalue weighted by Crippen LogP contribution is 2.11. The van der Waals surface area contributed by atoms with Crippen molar-refractivity contribution in [3.63, 3.8) is 0 Å². The highest BCUT2D eigenvalue weighted by Gasteiger charge is 2.19. The van der Waals surface area contributed by atoms with E-state index in [-0.39, 0.29) is 11.6 Å². The lowest BCUT2D eigenvalue weighted by molar-refractivity contribution is 0.211. The fourth-order valence-corrected chi connectivity index (χ4v) is 3.04. The topological polar surface area (TPSA) is 57.6 Å². The Kier molecular flexibility index (Phi) is 5.50. The predicted octanol–water partition coefficient (Wildman–Crippen LogP) is 2.13. The quantitative estimate of drug-likeness (QED) is 0.931. The van der Waals surface area contributed by atoms with Crippen molar-refractivity contribution in [3.8, 4) is 0 Å². The zero-order chi connectivity index (χ0) is 17.6. The second-order valence-electron chi connectivity index (χ2n) is 6.40. The maximum atomic E-state index is 12.5. The Morgan fingerprint density at radius 1 is 1.04 bits per heavy atom. The fourth-order valence-electron chi connectivity index (χ4n) is 3.04. The molecule has 0 radical (unpaired) electrons. The summed E-state index contributed by atoms with van der Waals surface area (Å²) < 4.78 is 1.46. The second-order valence-corrected chi connectivity index (χ2v) is 6.40. The Morgan fingerprint density at radius 2 is 1.84 bits per heavy atom. The van der Waals surface area contributed by atoms with E-state index in [1.54, 1.807) is 19.3 Å². The molecule has 0 atom stereocenters. The van der Waals surface area contributed by atoms with Crippen LogP contribution in [-0.4, -0.2) is 46.6 Å². The van der Waals surface area contributed by atoms with E-state index < -0.39 is 0 Å². The number of carbonyl (C=O) groups is 1. The van der Waals surface area contributed by atoms with Gasteiger partial charge in [0.05, 0.1) is 5.69 Å². The molecule has 132 valence electrons. The molecule has 0 bridgehead atoms. The number of hydrogen-bond acceptors (Lipinski definition) is 3. The SMILES string of the molecule is Cn1cc(NC(=O)N2CCCN(Cc3ccccc3)CC2)ccc1=O. The van der Waals surface area contributed by atoms with E-state index in [0.717, 1.165) is 32.6 Å². The van der Waals surface area contributed by atoms with Gasteiger partial charge in [-0.2, -0.15) is 0 Å². The summed E-state index contributed by atoms with van der Waals surface area (Å²) in [5.74, 6) is 0. The lowest BCUT2D eigenvalue weighted by atomic mass is 10.2. The van der Waals surface area contributed by atoms with Crippen LogP contribution in [0, 0.1) is 0 Å². The monoisotopic (exact) mass is 340 g/mol. The number of nitrogens with one attached hydrogen (secondary N) is 1. The number of carbonyl (C=O) groups excluding carboxylic acids is 1. The Balaban J connectivity index is 1.55. The fraction of sp³-hybridized carbons (Fsp3) is 0.368. The van der Waals surface area contributed by atoms with Gasteiger partial charge in [-0.05, 0) is 18.1 Å². The zero-order valence-corrected chi connectivity index (χ0v) is 14.5. The van der Waals surface area contributed by atoms with Crippen LogP contribution < -0.4 is 10.9 Å². The zero-order valence-electron chi connectivity index (χ0n) is 14.5. The summed E-state index contributed by atoms with van der Waals surface area (Å²) in [7, 11) is 1.67. The first kappa shape index (κ1) is 17.2. The number of amides is 2. The van der Waals surface area contributed by atoms with Crippen LogP contribution in [-0.2, 0) is 13.6 Å². The van der Waals surface area contributed by atoms with Crippen molar-refractivity contribution in [2.45, 2.75) is 13.0 Å². The molecule has 1 aliphatic rings. The van der Waals surface area contributed by atoms with Crippen LogP contribution in [0.3, 0.4) is 0 Å². The first-order chi connectivity index (χ1) is 12.1. The number of anilines is 1. The lowest BCUT2D eigenvalue weighted by Crippen LogP contribution is -2.38. The van der Waals surface area contributed by atoms with Crippen molar-refractivity contribution in [3.05, 3.63) is 64.6 Å². The van der Waals surface area contributed by atoms with E-state index in [9.17, 15) is 9.59 Å². The predicted molar refractivity (Wildman–Crippen MR) is 98.6 cm³/mol. The number of rotatable bonds is 3. The summed E-state index contributed by atoms with van der Waals surface area (Å²) in [6, 6.07) is 13.4. The van der Waals surface area contributed by atoms with Gasteiger partial charge in [-0.3, -0.25) is 9.69 Å². The van der Waals surface area contributed by atoms with E-state index in [0.29, 0.717) is 12.2 Å². The van der Waals surface area contributed by atoms with Gasteiger partial charge in [-0.15, -0.1) is 0 Å². The van der Waals surface area contributed by atoms with Gasteiger partial charge in [0.2, 0.25) is 5.56 Å². The molecule has 3 rings (SSSR count). The van der Waals surface area contributed by atoms with Crippen molar-refractivity contribution in [1.29, 1.82) is 0 Å². The summed E-state index contributed by atoms with van der Waals surface area (Å²) >= 11 is 0. The summed E-state index contributed by atoms with van der Waals surface area (Å²) in [5.41, 5.74) is 1.84. The van der Waals surface area contributed by atoms with E-state index in [1.807, 2.05) is 11.0 Å². The largest absolute Gasteiger partial charge is 0.323 e. The molecule has 6 nitrogen and oxygen atoms in total. The summed E-state index contributed by atoms with van der Waals surface area (Å²) in [5, 5.41) is 2.88. The van der Waals surface area contributed by atoms with Crippen LogP contribution in [0.25, 0.3) is 0 Å². The Morgan fingerprint density at radius 3 is 2.60 bits per heavy atom. The molecule has 1 aliphatic heterocycles. The molecule has 2 aromatic rings. The van der Waals surface area contributed by atoms with Gasteiger partial charge in [0.15, 0.2) is 0 Å². The van der Waals surface area contributed by atoms with Crippen molar-refractivity contribution >= 4 is 11.7 Å². The number of hydrogen-bond donors (Lipinski definition) is 1. The molecule has 6 heteroatoms. The molecule has 2 amide bonds. The number of aryl methyl sites for hydroxylation is 1. The minimum Gasteiger partial charge on any atom is -0.323 e. The molecule has 0 spiro atoms. The second kappa shape index (κ2) is 7.98. The molecule has 2 heterocycles. The molecule has 1 N–H and O–H groups in total. The molecular weight excluding hydrogens is 316 g/mol. The Bertz CT molecular complexity index is 772. The molecule has 1 saturated heterocycles. The molecule has 0 saturated carbocycles. The Hall–Kier alpha value is -2.60. The van der Waals surface area contributed by atoms with Crippen LogP contribution in [0.1, 0.15) is 12.0 Å². The average Bonchev–Trinajstić information content (AvgIpc) is 2.85.